The molecule has 1 atom stereocenters. The van der Waals surface area contributed by atoms with Gasteiger partial charge < -0.3 is 25.0 Å². The zero-order chi connectivity index (χ0) is 27.2. The van der Waals surface area contributed by atoms with Gasteiger partial charge >= 0.3 is 0 Å². The minimum Gasteiger partial charge on any atom is -0.497 e. The lowest BCUT2D eigenvalue weighted by Crippen LogP contribution is -2.42. The number of aliphatic imine (C=N–C) groups is 1. The van der Waals surface area contributed by atoms with Gasteiger partial charge in [-0.3, -0.25) is 14.5 Å². The molecule has 0 unspecified atom stereocenters. The van der Waals surface area contributed by atoms with Crippen LogP contribution in [0.1, 0.15) is 24.9 Å². The Labute approximate surface area is 232 Å². The summed E-state index contributed by atoms with van der Waals surface area (Å²) in [7, 11) is 1.62. The van der Waals surface area contributed by atoms with E-state index in [0.29, 0.717) is 29.3 Å². The van der Waals surface area contributed by atoms with Crippen LogP contribution in [-0.4, -0.2) is 73.3 Å². The van der Waals surface area contributed by atoms with Crippen LogP contribution in [0.15, 0.2) is 82.0 Å². The van der Waals surface area contributed by atoms with Crippen molar-refractivity contribution in [2.45, 2.75) is 19.4 Å². The molecular weight excluding hydrogens is 514 g/mol. The molecule has 0 saturated carbocycles. The van der Waals surface area contributed by atoms with E-state index in [9.17, 15) is 9.59 Å². The first-order chi connectivity index (χ1) is 19.0. The van der Waals surface area contributed by atoms with Gasteiger partial charge in [-0.05, 0) is 42.2 Å². The lowest BCUT2D eigenvalue weighted by molar-refractivity contribution is -0.120. The highest BCUT2D eigenvalue weighted by atomic mass is 32.2. The molecule has 204 valence electrons. The van der Waals surface area contributed by atoms with Gasteiger partial charge in [-0.25, -0.2) is 4.99 Å². The van der Waals surface area contributed by atoms with Crippen LogP contribution in [0.3, 0.4) is 0 Å². The van der Waals surface area contributed by atoms with Crippen LogP contribution in [0, 0.1) is 0 Å². The van der Waals surface area contributed by atoms with Gasteiger partial charge in [0.15, 0.2) is 5.17 Å². The zero-order valence-electron chi connectivity index (χ0n) is 22.2. The van der Waals surface area contributed by atoms with Gasteiger partial charge in [-0.2, -0.15) is 0 Å². The van der Waals surface area contributed by atoms with Crippen molar-refractivity contribution < 1.29 is 19.1 Å². The summed E-state index contributed by atoms with van der Waals surface area (Å²) < 4.78 is 10.9. The van der Waals surface area contributed by atoms with Crippen LogP contribution in [0.4, 0.5) is 5.69 Å². The van der Waals surface area contributed by atoms with Crippen LogP contribution < -0.4 is 15.4 Å². The molecule has 3 aliphatic heterocycles. The number of fused-ring (bicyclic) bond motifs is 1. The molecule has 9 nitrogen and oxygen atoms in total. The SMILES string of the molecule is COc1cccc([C@H]2C(C(=O)Nc3ccccc3)=C(C)N=C3SC=C(CC(=O)NCCN4CCOCC4)N32)c1. The molecule has 1 saturated heterocycles. The highest BCUT2D eigenvalue weighted by Gasteiger charge is 2.40. The third-order valence-corrected chi connectivity index (χ3v) is 7.77. The first-order valence-electron chi connectivity index (χ1n) is 13.0. The van der Waals surface area contributed by atoms with Crippen molar-refractivity contribution in [1.82, 2.24) is 15.1 Å². The Morgan fingerprint density at radius 1 is 1.13 bits per heavy atom. The number of anilines is 1. The van der Waals surface area contributed by atoms with E-state index in [1.165, 1.54) is 11.8 Å². The average molecular weight is 548 g/mol. The highest BCUT2D eigenvalue weighted by molar-refractivity contribution is 8.16. The smallest absolute Gasteiger partial charge is 0.255 e. The van der Waals surface area contributed by atoms with Gasteiger partial charge in [-0.1, -0.05) is 42.1 Å². The Morgan fingerprint density at radius 2 is 1.92 bits per heavy atom. The van der Waals surface area contributed by atoms with E-state index in [2.05, 4.69) is 15.5 Å². The maximum atomic E-state index is 13.7. The standard InChI is InChI=1S/C29H33N5O4S/c1-20-26(28(36)32-22-8-4-3-5-9-22)27(21-7-6-10-24(17-21)37-2)34-23(19-39-29(34)31-20)18-25(35)30-11-12-33-13-15-38-16-14-33/h3-10,17,19,27H,11-16,18H2,1-2H3,(H,30,35)(H,32,36)/t27-/m0/s1. The molecule has 0 spiro atoms. The number of carbonyl (C=O) groups is 2. The number of methoxy groups -OCH3 is 1. The van der Waals surface area contributed by atoms with E-state index in [4.69, 9.17) is 14.5 Å². The number of hydrogen-bond donors (Lipinski definition) is 2. The predicted octanol–water partition coefficient (Wildman–Crippen LogP) is 3.75. The largest absolute Gasteiger partial charge is 0.497 e. The van der Waals surface area contributed by atoms with E-state index < -0.39 is 6.04 Å². The van der Waals surface area contributed by atoms with Gasteiger partial charge in [0.05, 0.1) is 44.1 Å². The Bertz CT molecular complexity index is 1300. The van der Waals surface area contributed by atoms with E-state index in [1.54, 1.807) is 7.11 Å². The number of morpholine rings is 1. The van der Waals surface area contributed by atoms with Crippen LogP contribution in [0.2, 0.25) is 0 Å². The van der Waals surface area contributed by atoms with Gasteiger partial charge in [0, 0.05) is 37.6 Å². The molecule has 3 aliphatic rings. The van der Waals surface area contributed by atoms with Gasteiger partial charge in [-0.15, -0.1) is 0 Å². The number of carbonyl (C=O) groups excluding carboxylic acids is 2. The number of benzene rings is 2. The molecule has 2 N–H and O–H groups in total. The normalized spacial score (nSPS) is 19.2. The molecule has 0 radical (unpaired) electrons. The maximum absolute atomic E-state index is 13.7. The molecule has 10 heteroatoms. The molecule has 39 heavy (non-hydrogen) atoms. The molecule has 0 bridgehead atoms. The van der Waals surface area contributed by atoms with E-state index >= 15 is 0 Å². The monoisotopic (exact) mass is 547 g/mol. The quantitative estimate of drug-likeness (QED) is 0.494. The fraction of sp³-hybridized carbons (Fsp3) is 0.345. The molecule has 2 amide bonds. The molecule has 2 aromatic carbocycles. The lowest BCUT2D eigenvalue weighted by Gasteiger charge is -2.36. The topological polar surface area (TPSA) is 95.5 Å². The molecule has 1 fully saturated rings. The van der Waals surface area contributed by atoms with Crippen LogP contribution in [0.25, 0.3) is 0 Å². The summed E-state index contributed by atoms with van der Waals surface area (Å²) >= 11 is 1.47. The van der Waals surface area contributed by atoms with Crippen molar-refractivity contribution in [3.8, 4) is 5.75 Å². The second kappa shape index (κ2) is 12.5. The summed E-state index contributed by atoms with van der Waals surface area (Å²) in [5.74, 6) is 0.387. The number of ether oxygens (including phenoxy) is 2. The Hall–Kier alpha value is -3.60. The van der Waals surface area contributed by atoms with Gasteiger partial charge in [0.25, 0.3) is 5.91 Å². The molecule has 0 aromatic heterocycles. The summed E-state index contributed by atoms with van der Waals surface area (Å²) in [5.41, 5.74) is 3.54. The Morgan fingerprint density at radius 3 is 2.69 bits per heavy atom. The number of allylic oxidation sites excluding steroid dienone is 1. The second-order valence-corrected chi connectivity index (χ2v) is 10.3. The minimum absolute atomic E-state index is 0.0673. The first kappa shape index (κ1) is 27.0. The van der Waals surface area contributed by atoms with E-state index in [1.807, 2.05) is 71.8 Å². The number of rotatable bonds is 9. The summed E-state index contributed by atoms with van der Waals surface area (Å²) in [6, 6.07) is 16.6. The van der Waals surface area contributed by atoms with Crippen molar-refractivity contribution >= 4 is 34.4 Å². The number of nitrogens with zero attached hydrogens (tertiary/aromatic N) is 3. The molecule has 5 rings (SSSR count). The van der Waals surface area contributed by atoms with E-state index in [0.717, 1.165) is 49.3 Å². The average Bonchev–Trinajstić information content (AvgIpc) is 3.34. The zero-order valence-corrected chi connectivity index (χ0v) is 23.0. The number of hydrogen-bond acceptors (Lipinski definition) is 8. The van der Waals surface area contributed by atoms with Gasteiger partial charge in [0.1, 0.15) is 5.75 Å². The fourth-order valence-electron chi connectivity index (χ4n) is 4.91. The summed E-state index contributed by atoms with van der Waals surface area (Å²) in [4.78, 5) is 35.8. The maximum Gasteiger partial charge on any atom is 0.255 e. The van der Waals surface area contributed by atoms with Crippen LogP contribution in [0.5, 0.6) is 5.75 Å². The lowest BCUT2D eigenvalue weighted by atomic mass is 9.93. The summed E-state index contributed by atoms with van der Waals surface area (Å²) in [5, 5.41) is 8.77. The summed E-state index contributed by atoms with van der Waals surface area (Å²) in [6.45, 7) is 6.44. The van der Waals surface area contributed by atoms with E-state index in [-0.39, 0.29) is 18.2 Å². The third-order valence-electron chi connectivity index (χ3n) is 6.88. The second-order valence-electron chi connectivity index (χ2n) is 9.47. The Kier molecular flexibility index (Phi) is 8.65. The third kappa shape index (κ3) is 6.35. The van der Waals surface area contributed by atoms with Crippen molar-refractivity contribution in [3.05, 3.63) is 82.5 Å². The van der Waals surface area contributed by atoms with Gasteiger partial charge in [0.2, 0.25) is 5.91 Å². The predicted molar refractivity (Wildman–Crippen MR) is 153 cm³/mol. The first-order valence-corrected chi connectivity index (χ1v) is 13.9. The van der Waals surface area contributed by atoms with Crippen molar-refractivity contribution in [1.29, 1.82) is 0 Å². The number of nitrogens with one attached hydrogen (secondary N) is 2. The van der Waals surface area contributed by atoms with Crippen molar-refractivity contribution in [2.24, 2.45) is 4.99 Å². The summed E-state index contributed by atoms with van der Waals surface area (Å²) in [6.07, 6.45) is 0.183. The highest BCUT2D eigenvalue weighted by Crippen LogP contribution is 2.45. The number of thioether (sulfide) groups is 1. The molecule has 0 aliphatic carbocycles. The number of amidine groups is 1. The Balaban J connectivity index is 1.38. The van der Waals surface area contributed by atoms with Crippen molar-refractivity contribution in [2.75, 3.05) is 51.8 Å². The van der Waals surface area contributed by atoms with Crippen molar-refractivity contribution in [3.63, 3.8) is 0 Å². The number of amides is 2. The molecular formula is C29H33N5O4S. The van der Waals surface area contributed by atoms with Crippen LogP contribution >= 0.6 is 11.8 Å². The molecule has 2 aromatic rings. The number of para-hydroxylation sites is 1. The molecule has 3 heterocycles. The van der Waals surface area contributed by atoms with Crippen LogP contribution in [-0.2, 0) is 14.3 Å². The minimum atomic E-state index is -0.473. The fourth-order valence-corrected chi connectivity index (χ4v) is 5.88.